The van der Waals surface area contributed by atoms with Crippen molar-refractivity contribution in [1.82, 2.24) is 4.90 Å². The Kier molecular flexibility index (Phi) is 6.70. The largest absolute Gasteiger partial charge is 0.383 e. The second-order valence-electron chi connectivity index (χ2n) is 5.87. The molecule has 0 heterocycles. The van der Waals surface area contributed by atoms with Gasteiger partial charge in [0.15, 0.2) is 0 Å². The second-order valence-corrected chi connectivity index (χ2v) is 5.87. The summed E-state index contributed by atoms with van der Waals surface area (Å²) in [6.45, 7) is 17.5. The van der Waals surface area contributed by atoms with Crippen molar-refractivity contribution in [3.8, 4) is 0 Å². The third kappa shape index (κ3) is 3.83. The van der Waals surface area contributed by atoms with Crippen molar-refractivity contribution in [3.05, 3.63) is 33.4 Å². The molecule has 0 radical (unpaired) electrons. The van der Waals surface area contributed by atoms with Crippen LogP contribution in [0.2, 0.25) is 0 Å². The molecule has 20 heavy (non-hydrogen) atoms. The molecule has 114 valence electrons. The van der Waals surface area contributed by atoms with Crippen LogP contribution in [-0.4, -0.2) is 31.7 Å². The van der Waals surface area contributed by atoms with Gasteiger partial charge >= 0.3 is 0 Å². The van der Waals surface area contributed by atoms with Gasteiger partial charge in [0.2, 0.25) is 0 Å². The predicted molar refractivity (Wildman–Crippen MR) is 87.6 cm³/mol. The number of rotatable bonds is 7. The van der Waals surface area contributed by atoms with Crippen LogP contribution in [0.4, 0.5) is 0 Å². The first kappa shape index (κ1) is 17.2. The highest BCUT2D eigenvalue weighted by molar-refractivity contribution is 5.49. The summed E-state index contributed by atoms with van der Waals surface area (Å²) < 4.78 is 5.24. The SMILES string of the molecule is CCCN(CCOC)Cc1c(C)c(C)c(C)c(C)c1C. The van der Waals surface area contributed by atoms with E-state index in [9.17, 15) is 0 Å². The number of hydrogen-bond acceptors (Lipinski definition) is 2. The fourth-order valence-electron chi connectivity index (χ4n) is 2.84. The Morgan fingerprint density at radius 2 is 1.30 bits per heavy atom. The molecule has 0 bridgehead atoms. The third-order valence-electron chi connectivity index (χ3n) is 4.69. The molecule has 1 rings (SSSR count). The van der Waals surface area contributed by atoms with E-state index in [-0.39, 0.29) is 0 Å². The van der Waals surface area contributed by atoms with Crippen molar-refractivity contribution in [2.45, 2.75) is 54.5 Å². The van der Waals surface area contributed by atoms with Crippen LogP contribution in [0, 0.1) is 34.6 Å². The van der Waals surface area contributed by atoms with E-state index in [1.165, 1.54) is 39.8 Å². The summed E-state index contributed by atoms with van der Waals surface area (Å²) in [5.41, 5.74) is 8.78. The molecule has 0 saturated heterocycles. The molecule has 1 aromatic carbocycles. The van der Waals surface area contributed by atoms with E-state index in [4.69, 9.17) is 4.74 Å². The topological polar surface area (TPSA) is 12.5 Å². The summed E-state index contributed by atoms with van der Waals surface area (Å²) in [7, 11) is 1.78. The monoisotopic (exact) mass is 277 g/mol. The zero-order valence-corrected chi connectivity index (χ0v) is 14.4. The fourth-order valence-corrected chi connectivity index (χ4v) is 2.84. The molecule has 0 aliphatic heterocycles. The zero-order valence-electron chi connectivity index (χ0n) is 14.4. The van der Waals surface area contributed by atoms with E-state index in [0.29, 0.717) is 0 Å². The molecule has 0 spiro atoms. The molecule has 2 heteroatoms. The summed E-state index contributed by atoms with van der Waals surface area (Å²) in [5.74, 6) is 0. The molecule has 0 saturated carbocycles. The van der Waals surface area contributed by atoms with Gasteiger partial charge in [0.1, 0.15) is 0 Å². The normalized spacial score (nSPS) is 11.4. The lowest BCUT2D eigenvalue weighted by Gasteiger charge is -2.26. The number of ether oxygens (including phenoxy) is 1. The van der Waals surface area contributed by atoms with Gasteiger partial charge in [0.25, 0.3) is 0 Å². The quantitative estimate of drug-likeness (QED) is 0.744. The molecule has 0 N–H and O–H groups in total. The average Bonchev–Trinajstić information content (AvgIpc) is 2.45. The summed E-state index contributed by atoms with van der Waals surface area (Å²) in [4.78, 5) is 2.51. The van der Waals surface area contributed by atoms with Crippen LogP contribution in [0.5, 0.6) is 0 Å². The van der Waals surface area contributed by atoms with Gasteiger partial charge in [-0.1, -0.05) is 6.92 Å². The molecule has 0 aliphatic rings. The van der Waals surface area contributed by atoms with E-state index in [2.05, 4.69) is 46.4 Å². The van der Waals surface area contributed by atoms with Gasteiger partial charge in [-0.15, -0.1) is 0 Å². The van der Waals surface area contributed by atoms with Crippen LogP contribution in [0.3, 0.4) is 0 Å². The standard InChI is InChI=1S/C18H31NO/c1-8-9-19(10-11-20-7)12-18-16(5)14(3)13(2)15(4)17(18)6/h8-12H2,1-7H3. The minimum atomic E-state index is 0.807. The Balaban J connectivity index is 3.06. The molecule has 0 fully saturated rings. The molecule has 0 aromatic heterocycles. The number of benzene rings is 1. The smallest absolute Gasteiger partial charge is 0.0589 e. The maximum atomic E-state index is 5.24. The lowest BCUT2D eigenvalue weighted by Crippen LogP contribution is -2.28. The first-order valence-corrected chi connectivity index (χ1v) is 7.71. The van der Waals surface area contributed by atoms with Crippen molar-refractivity contribution in [1.29, 1.82) is 0 Å². The maximum absolute atomic E-state index is 5.24. The van der Waals surface area contributed by atoms with E-state index in [1.807, 2.05) is 0 Å². The lowest BCUT2D eigenvalue weighted by molar-refractivity contribution is 0.144. The molecule has 2 nitrogen and oxygen atoms in total. The highest BCUT2D eigenvalue weighted by Gasteiger charge is 2.14. The van der Waals surface area contributed by atoms with Gasteiger partial charge < -0.3 is 4.74 Å². The fraction of sp³-hybridized carbons (Fsp3) is 0.667. The Hall–Kier alpha value is -0.860. The van der Waals surface area contributed by atoms with Gasteiger partial charge in [0, 0.05) is 20.2 Å². The van der Waals surface area contributed by atoms with Crippen molar-refractivity contribution >= 4 is 0 Å². The Bertz CT molecular complexity index is 422. The van der Waals surface area contributed by atoms with Gasteiger partial charge in [0.05, 0.1) is 6.61 Å². The number of nitrogens with zero attached hydrogens (tertiary/aromatic N) is 1. The number of hydrogen-bond donors (Lipinski definition) is 0. The van der Waals surface area contributed by atoms with E-state index >= 15 is 0 Å². The van der Waals surface area contributed by atoms with Crippen molar-refractivity contribution in [3.63, 3.8) is 0 Å². The molecule has 0 aliphatic carbocycles. The molecule has 0 unspecified atom stereocenters. The van der Waals surface area contributed by atoms with Crippen LogP contribution in [0.15, 0.2) is 0 Å². The molecular formula is C18H31NO. The van der Waals surface area contributed by atoms with Crippen molar-refractivity contribution in [2.24, 2.45) is 0 Å². The first-order chi connectivity index (χ1) is 9.43. The van der Waals surface area contributed by atoms with Gasteiger partial charge in [-0.25, -0.2) is 0 Å². The summed E-state index contributed by atoms with van der Waals surface area (Å²) in [6.07, 6.45) is 1.19. The van der Waals surface area contributed by atoms with Gasteiger partial charge in [-0.05, 0) is 81.0 Å². The zero-order chi connectivity index (χ0) is 15.3. The van der Waals surface area contributed by atoms with Crippen LogP contribution >= 0.6 is 0 Å². The van der Waals surface area contributed by atoms with Crippen LogP contribution in [-0.2, 0) is 11.3 Å². The lowest BCUT2D eigenvalue weighted by atomic mass is 9.89. The van der Waals surface area contributed by atoms with Crippen LogP contribution in [0.25, 0.3) is 0 Å². The predicted octanol–water partition coefficient (Wildman–Crippen LogP) is 4.09. The average molecular weight is 277 g/mol. The molecule has 0 atom stereocenters. The number of methoxy groups -OCH3 is 1. The highest BCUT2D eigenvalue weighted by Crippen LogP contribution is 2.27. The van der Waals surface area contributed by atoms with Gasteiger partial charge in [-0.3, -0.25) is 4.90 Å². The Labute approximate surface area is 125 Å². The highest BCUT2D eigenvalue weighted by atomic mass is 16.5. The Morgan fingerprint density at radius 3 is 1.75 bits per heavy atom. The van der Waals surface area contributed by atoms with Crippen molar-refractivity contribution in [2.75, 3.05) is 26.8 Å². The summed E-state index contributed by atoms with van der Waals surface area (Å²) in [6, 6.07) is 0. The molecule has 1 aromatic rings. The van der Waals surface area contributed by atoms with E-state index in [1.54, 1.807) is 7.11 Å². The summed E-state index contributed by atoms with van der Waals surface area (Å²) >= 11 is 0. The molecular weight excluding hydrogens is 246 g/mol. The Morgan fingerprint density at radius 1 is 0.800 bits per heavy atom. The van der Waals surface area contributed by atoms with E-state index in [0.717, 1.165) is 26.2 Å². The van der Waals surface area contributed by atoms with Gasteiger partial charge in [-0.2, -0.15) is 0 Å². The van der Waals surface area contributed by atoms with Crippen LogP contribution in [0.1, 0.15) is 46.7 Å². The first-order valence-electron chi connectivity index (χ1n) is 7.71. The second kappa shape index (κ2) is 7.80. The maximum Gasteiger partial charge on any atom is 0.0589 e. The molecule has 0 amide bonds. The minimum Gasteiger partial charge on any atom is -0.383 e. The minimum absolute atomic E-state index is 0.807. The summed E-state index contributed by atoms with van der Waals surface area (Å²) in [5, 5.41) is 0. The van der Waals surface area contributed by atoms with E-state index < -0.39 is 0 Å². The van der Waals surface area contributed by atoms with Crippen molar-refractivity contribution < 1.29 is 4.74 Å². The third-order valence-corrected chi connectivity index (χ3v) is 4.69. The van der Waals surface area contributed by atoms with Crippen LogP contribution < -0.4 is 0 Å².